The maximum atomic E-state index is 13.0. The minimum atomic E-state index is -0.290. The van der Waals surface area contributed by atoms with Crippen molar-refractivity contribution in [3.63, 3.8) is 0 Å². The maximum absolute atomic E-state index is 13.0. The molecule has 0 aliphatic rings. The minimum absolute atomic E-state index is 0.290. The van der Waals surface area contributed by atoms with Gasteiger partial charge in [-0.25, -0.2) is 9.37 Å². The summed E-state index contributed by atoms with van der Waals surface area (Å²) in [5.41, 5.74) is 0.700. The van der Waals surface area contributed by atoms with Gasteiger partial charge < -0.3 is 4.74 Å². The molecule has 0 spiro atoms. The van der Waals surface area contributed by atoms with Crippen LogP contribution in [-0.4, -0.2) is 9.97 Å². The summed E-state index contributed by atoms with van der Waals surface area (Å²) in [5, 5.41) is 0.916. The molecule has 3 nitrogen and oxygen atoms in total. The van der Waals surface area contributed by atoms with Crippen molar-refractivity contribution >= 4 is 33.2 Å². The second-order valence-corrected chi connectivity index (χ2v) is 4.96. The molecule has 0 radical (unpaired) electrons. The van der Waals surface area contributed by atoms with E-state index in [9.17, 15) is 4.39 Å². The number of pyridine rings is 1. The fourth-order valence-corrected chi connectivity index (χ4v) is 2.49. The molecule has 0 saturated carbocycles. The van der Waals surface area contributed by atoms with Gasteiger partial charge in [0.05, 0.1) is 21.4 Å². The van der Waals surface area contributed by atoms with Crippen molar-refractivity contribution in [1.82, 2.24) is 9.97 Å². The molecule has 0 atom stereocenters. The number of hydrogen-bond donors (Lipinski definition) is 0. The first-order valence-corrected chi connectivity index (χ1v) is 6.25. The van der Waals surface area contributed by atoms with E-state index in [4.69, 9.17) is 16.3 Å². The van der Waals surface area contributed by atoms with Gasteiger partial charge in [0, 0.05) is 12.3 Å². The summed E-state index contributed by atoms with van der Waals surface area (Å²) >= 11 is 7.07. The van der Waals surface area contributed by atoms with Gasteiger partial charge in [0.15, 0.2) is 0 Å². The predicted octanol–water partition coefficient (Wildman–Crippen LogP) is 4.28. The van der Waals surface area contributed by atoms with Crippen LogP contribution in [0, 0.1) is 5.82 Å². The lowest BCUT2D eigenvalue weighted by Gasteiger charge is -1.99. The van der Waals surface area contributed by atoms with Crippen LogP contribution < -0.4 is 4.74 Å². The fourth-order valence-electron chi connectivity index (χ4n) is 1.47. The molecule has 0 bridgehead atoms. The summed E-state index contributed by atoms with van der Waals surface area (Å²) in [5.74, 6) is 0.212. The van der Waals surface area contributed by atoms with E-state index in [-0.39, 0.29) is 5.82 Å². The number of aromatic nitrogens is 2. The molecular weight excluding hydrogens is 275 g/mol. The Hall–Kier alpha value is -1.72. The molecule has 0 amide bonds. The molecule has 0 N–H and O–H groups in total. The number of fused-ring (bicyclic) bond motifs is 1. The van der Waals surface area contributed by atoms with Gasteiger partial charge in [0.25, 0.3) is 5.19 Å². The lowest BCUT2D eigenvalue weighted by Crippen LogP contribution is -1.83. The Morgan fingerprint density at radius 3 is 2.94 bits per heavy atom. The third kappa shape index (κ3) is 2.27. The Labute approximate surface area is 111 Å². The van der Waals surface area contributed by atoms with E-state index in [0.29, 0.717) is 21.5 Å². The summed E-state index contributed by atoms with van der Waals surface area (Å²) in [6.45, 7) is 0. The summed E-state index contributed by atoms with van der Waals surface area (Å²) < 4.78 is 19.3. The van der Waals surface area contributed by atoms with Crippen LogP contribution in [0.2, 0.25) is 5.02 Å². The number of ether oxygens (including phenoxy) is 1. The number of nitrogens with zero attached hydrogens (tertiary/aromatic N) is 2. The molecule has 0 aliphatic heterocycles. The summed E-state index contributed by atoms with van der Waals surface area (Å²) in [4.78, 5) is 8.15. The van der Waals surface area contributed by atoms with Crippen LogP contribution in [0.3, 0.4) is 0 Å². The summed E-state index contributed by atoms with van der Waals surface area (Å²) in [6, 6.07) is 6.05. The smallest absolute Gasteiger partial charge is 0.279 e. The molecule has 90 valence electrons. The van der Waals surface area contributed by atoms with Gasteiger partial charge in [0.2, 0.25) is 0 Å². The van der Waals surface area contributed by atoms with Gasteiger partial charge >= 0.3 is 0 Å². The van der Waals surface area contributed by atoms with E-state index in [0.717, 1.165) is 4.70 Å². The molecule has 6 heteroatoms. The number of benzene rings is 1. The van der Waals surface area contributed by atoms with Crippen molar-refractivity contribution in [1.29, 1.82) is 0 Å². The lowest BCUT2D eigenvalue weighted by molar-refractivity contribution is 0.478. The molecular formula is C12H6ClFN2OS. The zero-order valence-electron chi connectivity index (χ0n) is 8.93. The predicted molar refractivity (Wildman–Crippen MR) is 68.9 cm³/mol. The molecule has 18 heavy (non-hydrogen) atoms. The van der Waals surface area contributed by atoms with E-state index >= 15 is 0 Å². The Morgan fingerprint density at radius 2 is 2.11 bits per heavy atom. The zero-order chi connectivity index (χ0) is 12.5. The van der Waals surface area contributed by atoms with E-state index in [1.165, 1.54) is 29.7 Å². The van der Waals surface area contributed by atoms with Gasteiger partial charge in [-0.1, -0.05) is 22.9 Å². The molecule has 2 heterocycles. The normalized spacial score (nSPS) is 10.8. The highest BCUT2D eigenvalue weighted by Gasteiger charge is 2.07. The third-order valence-corrected chi connectivity index (χ3v) is 3.32. The highest BCUT2D eigenvalue weighted by atomic mass is 35.5. The Morgan fingerprint density at radius 1 is 1.22 bits per heavy atom. The Balaban J connectivity index is 1.95. The third-order valence-electron chi connectivity index (χ3n) is 2.22. The first kappa shape index (κ1) is 11.4. The Bertz CT molecular complexity index is 716. The lowest BCUT2D eigenvalue weighted by atomic mass is 10.3. The molecule has 0 aliphatic carbocycles. The Kier molecular flexibility index (Phi) is 2.85. The van der Waals surface area contributed by atoms with Gasteiger partial charge in [-0.15, -0.1) is 0 Å². The average molecular weight is 281 g/mol. The molecule has 3 rings (SSSR count). The molecule has 0 unspecified atom stereocenters. The molecule has 2 aromatic heterocycles. The van der Waals surface area contributed by atoms with Crippen LogP contribution in [0.1, 0.15) is 0 Å². The van der Waals surface area contributed by atoms with Gasteiger partial charge in [-0.2, -0.15) is 0 Å². The topological polar surface area (TPSA) is 35.0 Å². The first-order chi connectivity index (χ1) is 8.70. The first-order valence-electron chi connectivity index (χ1n) is 5.05. The highest BCUT2D eigenvalue weighted by Crippen LogP contribution is 2.31. The van der Waals surface area contributed by atoms with Crippen LogP contribution in [0.25, 0.3) is 10.2 Å². The zero-order valence-corrected chi connectivity index (χ0v) is 10.5. The quantitative estimate of drug-likeness (QED) is 0.703. The minimum Gasteiger partial charge on any atom is -0.429 e. The maximum Gasteiger partial charge on any atom is 0.279 e. The van der Waals surface area contributed by atoms with Crippen LogP contribution in [0.15, 0.2) is 36.7 Å². The van der Waals surface area contributed by atoms with Gasteiger partial charge in [-0.05, 0) is 18.2 Å². The van der Waals surface area contributed by atoms with Crippen LogP contribution in [0.4, 0.5) is 4.39 Å². The SMILES string of the molecule is Fc1ccc2nc(Oc3cncc(Cl)c3)sc2c1. The van der Waals surface area contributed by atoms with Crippen molar-refractivity contribution in [3.05, 3.63) is 47.5 Å². The van der Waals surface area contributed by atoms with E-state index in [1.54, 1.807) is 18.3 Å². The second-order valence-electron chi connectivity index (χ2n) is 3.53. The molecule has 3 aromatic rings. The largest absolute Gasteiger partial charge is 0.429 e. The van der Waals surface area contributed by atoms with Crippen LogP contribution >= 0.6 is 22.9 Å². The summed E-state index contributed by atoms with van der Waals surface area (Å²) in [6.07, 6.45) is 3.06. The number of hydrogen-bond acceptors (Lipinski definition) is 4. The second kappa shape index (κ2) is 4.51. The average Bonchev–Trinajstić information content (AvgIpc) is 2.70. The van der Waals surface area contributed by atoms with Crippen LogP contribution in [-0.2, 0) is 0 Å². The van der Waals surface area contributed by atoms with Crippen molar-refractivity contribution in [2.75, 3.05) is 0 Å². The standard InChI is InChI=1S/C12H6ClFN2OS/c13-7-3-9(6-15-5-7)17-12-16-10-2-1-8(14)4-11(10)18-12/h1-6H. The molecule has 1 aromatic carbocycles. The number of halogens is 2. The van der Waals surface area contributed by atoms with E-state index in [2.05, 4.69) is 9.97 Å². The van der Waals surface area contributed by atoms with Crippen molar-refractivity contribution in [2.24, 2.45) is 0 Å². The van der Waals surface area contributed by atoms with Crippen LogP contribution in [0.5, 0.6) is 10.9 Å². The highest BCUT2D eigenvalue weighted by molar-refractivity contribution is 7.20. The van der Waals surface area contributed by atoms with Crippen molar-refractivity contribution < 1.29 is 9.13 Å². The monoisotopic (exact) mass is 280 g/mol. The van der Waals surface area contributed by atoms with Gasteiger partial charge in [0.1, 0.15) is 11.6 Å². The van der Waals surface area contributed by atoms with Crippen molar-refractivity contribution in [3.8, 4) is 10.9 Å². The molecule has 0 saturated heterocycles. The van der Waals surface area contributed by atoms with Gasteiger partial charge in [-0.3, -0.25) is 4.98 Å². The number of thiazole rings is 1. The molecule has 0 fully saturated rings. The summed E-state index contributed by atoms with van der Waals surface area (Å²) in [7, 11) is 0. The fraction of sp³-hybridized carbons (Fsp3) is 0. The number of rotatable bonds is 2. The van der Waals surface area contributed by atoms with Crippen molar-refractivity contribution in [2.45, 2.75) is 0 Å². The van der Waals surface area contributed by atoms with E-state index < -0.39 is 0 Å². The van der Waals surface area contributed by atoms with E-state index in [1.807, 2.05) is 0 Å².